The minimum atomic E-state index is -3.63. The number of ether oxygens (including phenoxy) is 1. The predicted octanol–water partition coefficient (Wildman–Crippen LogP) is 3.14. The third-order valence-corrected chi connectivity index (χ3v) is 5.58. The largest absolute Gasteiger partial charge is 0.493 e. The van der Waals surface area contributed by atoms with Gasteiger partial charge in [-0.15, -0.1) is 0 Å². The molecule has 2 rings (SSSR count). The van der Waals surface area contributed by atoms with Crippen LogP contribution in [0.4, 0.5) is 0 Å². The summed E-state index contributed by atoms with van der Waals surface area (Å²) in [4.78, 5) is 10.7. The molecule has 1 N–H and O–H groups in total. The standard InChI is InChI=1S/C19H23NO5S/c1-2-13-20(15-16-6-4-3-5-7-16)26(23,24)18-10-8-17(9-11-18)25-14-12-19(21)22/h3-11H,2,12-15H2,1H3,(H,21,22). The number of carbonyl (C=O) groups is 1. The topological polar surface area (TPSA) is 83.9 Å². The van der Waals surface area contributed by atoms with E-state index >= 15 is 0 Å². The fourth-order valence-electron chi connectivity index (χ4n) is 2.43. The first-order chi connectivity index (χ1) is 12.4. The lowest BCUT2D eigenvalue weighted by molar-refractivity contribution is -0.137. The molecule has 6 nitrogen and oxygen atoms in total. The van der Waals surface area contributed by atoms with Crippen molar-refractivity contribution in [3.05, 3.63) is 60.2 Å². The quantitative estimate of drug-likeness (QED) is 0.688. The van der Waals surface area contributed by atoms with E-state index < -0.39 is 16.0 Å². The fourth-order valence-corrected chi connectivity index (χ4v) is 3.95. The molecule has 0 fully saturated rings. The summed E-state index contributed by atoms with van der Waals surface area (Å²) < 4.78 is 32.7. The maximum atomic E-state index is 12.9. The Kier molecular flexibility index (Phi) is 7.17. The smallest absolute Gasteiger partial charge is 0.306 e. The van der Waals surface area contributed by atoms with Gasteiger partial charge in [0.25, 0.3) is 0 Å². The van der Waals surface area contributed by atoms with Gasteiger partial charge in [0.2, 0.25) is 10.0 Å². The van der Waals surface area contributed by atoms with Crippen molar-refractivity contribution in [1.82, 2.24) is 4.31 Å². The van der Waals surface area contributed by atoms with Gasteiger partial charge in [-0.05, 0) is 36.2 Å². The first kappa shape index (κ1) is 19.9. The zero-order valence-corrected chi connectivity index (χ0v) is 15.5. The van der Waals surface area contributed by atoms with Crippen molar-refractivity contribution in [1.29, 1.82) is 0 Å². The molecular weight excluding hydrogens is 354 g/mol. The van der Waals surface area contributed by atoms with Crippen molar-refractivity contribution in [3.63, 3.8) is 0 Å². The van der Waals surface area contributed by atoms with Crippen molar-refractivity contribution < 1.29 is 23.1 Å². The number of sulfonamides is 1. The Morgan fingerprint density at radius 3 is 2.31 bits per heavy atom. The number of hydrogen-bond acceptors (Lipinski definition) is 4. The Morgan fingerprint density at radius 1 is 1.08 bits per heavy atom. The van der Waals surface area contributed by atoms with Gasteiger partial charge in [0.05, 0.1) is 17.9 Å². The molecule has 0 amide bonds. The number of rotatable bonds is 10. The van der Waals surface area contributed by atoms with Crippen molar-refractivity contribution in [2.75, 3.05) is 13.2 Å². The number of hydrogen-bond donors (Lipinski definition) is 1. The van der Waals surface area contributed by atoms with Crippen LogP contribution < -0.4 is 4.74 Å². The SMILES string of the molecule is CCCN(Cc1ccccc1)S(=O)(=O)c1ccc(OCCC(=O)O)cc1. The monoisotopic (exact) mass is 377 g/mol. The second-order valence-electron chi connectivity index (χ2n) is 5.79. The van der Waals surface area contributed by atoms with E-state index in [4.69, 9.17) is 9.84 Å². The molecule has 0 unspecified atom stereocenters. The van der Waals surface area contributed by atoms with Gasteiger partial charge in [0.1, 0.15) is 5.75 Å². The molecule has 0 bridgehead atoms. The Morgan fingerprint density at radius 2 is 1.73 bits per heavy atom. The first-order valence-corrected chi connectivity index (χ1v) is 9.86. The number of carboxylic acid groups (broad SMARTS) is 1. The molecule has 0 aliphatic carbocycles. The van der Waals surface area contributed by atoms with Crippen LogP contribution in [-0.2, 0) is 21.4 Å². The number of nitrogens with zero attached hydrogens (tertiary/aromatic N) is 1. The van der Waals surface area contributed by atoms with Gasteiger partial charge in [-0.25, -0.2) is 8.42 Å². The first-order valence-electron chi connectivity index (χ1n) is 8.42. The normalized spacial score (nSPS) is 11.5. The minimum Gasteiger partial charge on any atom is -0.493 e. The highest BCUT2D eigenvalue weighted by molar-refractivity contribution is 7.89. The fraction of sp³-hybridized carbons (Fsp3) is 0.316. The number of carboxylic acids is 1. The van der Waals surface area contributed by atoms with Crippen LogP contribution in [0.3, 0.4) is 0 Å². The van der Waals surface area contributed by atoms with E-state index in [-0.39, 0.29) is 17.9 Å². The highest BCUT2D eigenvalue weighted by Crippen LogP contribution is 2.21. The summed E-state index contributed by atoms with van der Waals surface area (Å²) in [6.07, 6.45) is 0.601. The molecule has 0 aliphatic rings. The molecule has 140 valence electrons. The van der Waals surface area contributed by atoms with Crippen LogP contribution in [0.1, 0.15) is 25.3 Å². The van der Waals surface area contributed by atoms with Crippen LogP contribution in [0, 0.1) is 0 Å². The summed E-state index contributed by atoms with van der Waals surface area (Å²) in [6, 6.07) is 15.5. The summed E-state index contributed by atoms with van der Waals surface area (Å²) in [5, 5.41) is 8.61. The van der Waals surface area contributed by atoms with E-state index in [1.165, 1.54) is 16.4 Å². The van der Waals surface area contributed by atoms with E-state index in [2.05, 4.69) is 0 Å². The van der Waals surface area contributed by atoms with Gasteiger partial charge in [0, 0.05) is 13.1 Å². The lowest BCUT2D eigenvalue weighted by atomic mass is 10.2. The van der Waals surface area contributed by atoms with Crippen LogP contribution in [0.2, 0.25) is 0 Å². The van der Waals surface area contributed by atoms with E-state index in [1.807, 2.05) is 37.3 Å². The summed E-state index contributed by atoms with van der Waals surface area (Å²) in [7, 11) is -3.63. The molecule has 0 aliphatic heterocycles. The van der Waals surface area contributed by atoms with Crippen molar-refractivity contribution in [2.24, 2.45) is 0 Å². The molecule has 7 heteroatoms. The second-order valence-corrected chi connectivity index (χ2v) is 7.73. The third-order valence-electron chi connectivity index (χ3n) is 3.72. The van der Waals surface area contributed by atoms with E-state index in [0.29, 0.717) is 25.3 Å². The second kappa shape index (κ2) is 9.35. The molecule has 0 atom stereocenters. The Balaban J connectivity index is 2.13. The van der Waals surface area contributed by atoms with Gasteiger partial charge in [-0.1, -0.05) is 37.3 Å². The number of benzene rings is 2. The molecule has 0 saturated carbocycles. The Bertz CT molecular complexity index is 804. The minimum absolute atomic E-state index is 0.0391. The van der Waals surface area contributed by atoms with Gasteiger partial charge < -0.3 is 9.84 Å². The lowest BCUT2D eigenvalue weighted by Gasteiger charge is -2.22. The van der Waals surface area contributed by atoms with Gasteiger partial charge in [-0.2, -0.15) is 4.31 Å². The highest BCUT2D eigenvalue weighted by Gasteiger charge is 2.24. The Hall–Kier alpha value is -2.38. The molecule has 0 spiro atoms. The van der Waals surface area contributed by atoms with Gasteiger partial charge in [-0.3, -0.25) is 4.79 Å². The summed E-state index contributed by atoms with van der Waals surface area (Å²) in [6.45, 7) is 2.71. The average Bonchev–Trinajstić information content (AvgIpc) is 2.62. The molecule has 26 heavy (non-hydrogen) atoms. The van der Waals surface area contributed by atoms with Crippen LogP contribution >= 0.6 is 0 Å². The van der Waals surface area contributed by atoms with Crippen LogP contribution in [0.15, 0.2) is 59.5 Å². The molecule has 0 heterocycles. The zero-order chi connectivity index (χ0) is 19.0. The van der Waals surface area contributed by atoms with E-state index in [1.54, 1.807) is 12.1 Å². The molecule has 0 saturated heterocycles. The summed E-state index contributed by atoms with van der Waals surface area (Å²) in [5.41, 5.74) is 0.929. The number of aliphatic carboxylic acids is 1. The van der Waals surface area contributed by atoms with Crippen LogP contribution in [0.5, 0.6) is 5.75 Å². The van der Waals surface area contributed by atoms with Gasteiger partial charge in [0.15, 0.2) is 0 Å². The molecule has 0 radical (unpaired) electrons. The maximum absolute atomic E-state index is 12.9. The summed E-state index contributed by atoms with van der Waals surface area (Å²) >= 11 is 0. The molecule has 2 aromatic carbocycles. The van der Waals surface area contributed by atoms with Crippen molar-refractivity contribution >= 4 is 16.0 Å². The van der Waals surface area contributed by atoms with Gasteiger partial charge >= 0.3 is 5.97 Å². The predicted molar refractivity (Wildman–Crippen MR) is 98.5 cm³/mol. The molecule has 2 aromatic rings. The summed E-state index contributed by atoms with van der Waals surface area (Å²) in [5.74, 6) is -0.504. The Labute approximate surface area is 154 Å². The molecule has 0 aromatic heterocycles. The lowest BCUT2D eigenvalue weighted by Crippen LogP contribution is -2.31. The molecular formula is C19H23NO5S. The van der Waals surface area contributed by atoms with Crippen LogP contribution in [-0.4, -0.2) is 37.0 Å². The van der Waals surface area contributed by atoms with Crippen LogP contribution in [0.25, 0.3) is 0 Å². The van der Waals surface area contributed by atoms with E-state index in [9.17, 15) is 13.2 Å². The zero-order valence-electron chi connectivity index (χ0n) is 14.7. The highest BCUT2D eigenvalue weighted by atomic mass is 32.2. The third kappa shape index (κ3) is 5.57. The van der Waals surface area contributed by atoms with Crippen molar-refractivity contribution in [3.8, 4) is 5.75 Å². The van der Waals surface area contributed by atoms with E-state index in [0.717, 1.165) is 5.56 Å². The average molecular weight is 377 g/mol. The van der Waals surface area contributed by atoms with Crippen molar-refractivity contribution in [2.45, 2.75) is 31.2 Å². The maximum Gasteiger partial charge on any atom is 0.306 e.